The van der Waals surface area contributed by atoms with Crippen molar-refractivity contribution in [2.45, 2.75) is 6.42 Å². The van der Waals surface area contributed by atoms with Gasteiger partial charge in [0, 0.05) is 19.0 Å². The lowest BCUT2D eigenvalue weighted by Gasteiger charge is -2.14. The number of carbonyl (C=O) groups is 2. The van der Waals surface area contributed by atoms with Gasteiger partial charge in [0.1, 0.15) is 15.6 Å². The molecule has 3 aromatic rings. The monoisotopic (exact) mass is 400 g/mol. The Morgan fingerprint density at radius 3 is 3.00 bits per heavy atom. The van der Waals surface area contributed by atoms with E-state index < -0.39 is 0 Å². The first-order chi connectivity index (χ1) is 13.1. The normalized spacial score (nSPS) is 15.9. The number of thioether (sulfide) groups is 1. The zero-order valence-electron chi connectivity index (χ0n) is 13.7. The molecule has 0 atom stereocenters. The minimum Gasteiger partial charge on any atom is -0.465 e. The summed E-state index contributed by atoms with van der Waals surface area (Å²) in [5.41, 5.74) is 1.52. The maximum Gasteiger partial charge on any atom is 0.266 e. The molecule has 0 radical (unpaired) electrons. The summed E-state index contributed by atoms with van der Waals surface area (Å²) in [5, 5.41) is 10.3. The summed E-state index contributed by atoms with van der Waals surface area (Å²) < 4.78 is 10.3. The molecule has 0 saturated carbocycles. The van der Waals surface area contributed by atoms with Gasteiger partial charge in [-0.15, -0.1) is 0 Å². The van der Waals surface area contributed by atoms with Crippen molar-refractivity contribution < 1.29 is 18.6 Å². The van der Waals surface area contributed by atoms with Gasteiger partial charge in [-0.1, -0.05) is 30.0 Å². The highest BCUT2D eigenvalue weighted by atomic mass is 32.2. The largest absolute Gasteiger partial charge is 0.465 e. The van der Waals surface area contributed by atoms with Gasteiger partial charge in [0.15, 0.2) is 5.52 Å². The Bertz CT molecular complexity index is 1060. The van der Waals surface area contributed by atoms with Crippen LogP contribution in [0.2, 0.25) is 0 Å². The minimum atomic E-state index is -0.269. The van der Waals surface area contributed by atoms with Crippen LogP contribution in [0.4, 0.5) is 5.69 Å². The highest BCUT2D eigenvalue weighted by molar-refractivity contribution is 8.26. The number of aromatic nitrogens is 2. The molecule has 4 rings (SSSR count). The number of hydrogen-bond acceptors (Lipinski definition) is 8. The van der Waals surface area contributed by atoms with E-state index in [9.17, 15) is 9.59 Å². The number of hydrogen-bond donors (Lipinski definition) is 1. The number of anilines is 1. The molecule has 10 heteroatoms. The topological polar surface area (TPSA) is 101 Å². The lowest BCUT2D eigenvalue weighted by molar-refractivity contribution is -0.122. The predicted octanol–water partition coefficient (Wildman–Crippen LogP) is 3.05. The Hall–Kier alpha value is -2.98. The van der Waals surface area contributed by atoms with Crippen LogP contribution >= 0.6 is 24.0 Å². The van der Waals surface area contributed by atoms with Crippen molar-refractivity contribution in [2.24, 2.45) is 0 Å². The average molecular weight is 400 g/mol. The van der Waals surface area contributed by atoms with Gasteiger partial charge in [0.25, 0.3) is 5.91 Å². The number of nitrogens with one attached hydrogen (secondary N) is 1. The van der Waals surface area contributed by atoms with E-state index in [-0.39, 0.29) is 24.8 Å². The van der Waals surface area contributed by atoms with E-state index in [1.807, 2.05) is 0 Å². The van der Waals surface area contributed by atoms with Gasteiger partial charge in [-0.05, 0) is 34.6 Å². The van der Waals surface area contributed by atoms with Crippen molar-refractivity contribution >= 4 is 62.9 Å². The van der Waals surface area contributed by atoms with E-state index in [1.54, 1.807) is 36.4 Å². The van der Waals surface area contributed by atoms with Crippen molar-refractivity contribution in [3.05, 3.63) is 47.3 Å². The van der Waals surface area contributed by atoms with E-state index in [4.69, 9.17) is 16.6 Å². The zero-order chi connectivity index (χ0) is 18.8. The minimum absolute atomic E-state index is 0.0855. The second-order valence-electron chi connectivity index (χ2n) is 5.58. The number of carbonyl (C=O) groups excluding carboxylic acids is 2. The molecular weight excluding hydrogens is 388 g/mol. The molecule has 1 aliphatic rings. The standard InChI is InChI=1S/C17H12N4O4S2/c22-14(18-11-4-1-5-12-15(11)20-25-19-12)6-7-21-16(23)13(27-17(21)26)9-10-3-2-8-24-10/h1-5,8-9H,6-7H2,(H,18,22)/b13-9+. The van der Waals surface area contributed by atoms with Crippen LogP contribution in [0.3, 0.4) is 0 Å². The van der Waals surface area contributed by atoms with Crippen LogP contribution in [0.5, 0.6) is 0 Å². The summed E-state index contributed by atoms with van der Waals surface area (Å²) in [7, 11) is 0. The number of fused-ring (bicyclic) bond motifs is 1. The number of rotatable bonds is 5. The third-order valence-corrected chi connectivity index (χ3v) is 5.19. The third kappa shape index (κ3) is 3.62. The van der Waals surface area contributed by atoms with Crippen molar-refractivity contribution in [1.29, 1.82) is 0 Å². The molecule has 0 spiro atoms. The summed E-state index contributed by atoms with van der Waals surface area (Å²) in [5.74, 6) is 0.0640. The summed E-state index contributed by atoms with van der Waals surface area (Å²) in [6.45, 7) is 0.180. The second kappa shape index (κ2) is 7.33. The molecule has 1 aromatic carbocycles. The van der Waals surface area contributed by atoms with E-state index in [1.165, 1.54) is 22.9 Å². The number of amides is 2. The molecule has 0 unspecified atom stereocenters. The first-order valence-electron chi connectivity index (χ1n) is 7.92. The molecule has 0 bridgehead atoms. The molecule has 1 aliphatic heterocycles. The molecule has 3 heterocycles. The van der Waals surface area contributed by atoms with Gasteiger partial charge in [-0.2, -0.15) is 0 Å². The number of furan rings is 1. The zero-order valence-corrected chi connectivity index (χ0v) is 15.4. The van der Waals surface area contributed by atoms with Crippen molar-refractivity contribution in [3.63, 3.8) is 0 Å². The van der Waals surface area contributed by atoms with Gasteiger partial charge < -0.3 is 9.73 Å². The molecule has 0 aliphatic carbocycles. The highest BCUT2D eigenvalue weighted by Crippen LogP contribution is 2.32. The molecule has 8 nitrogen and oxygen atoms in total. The van der Waals surface area contributed by atoms with Crippen LogP contribution in [0.25, 0.3) is 17.1 Å². The predicted molar refractivity (Wildman–Crippen MR) is 104 cm³/mol. The highest BCUT2D eigenvalue weighted by Gasteiger charge is 2.32. The Morgan fingerprint density at radius 2 is 2.19 bits per heavy atom. The number of nitrogens with zero attached hydrogens (tertiary/aromatic N) is 3. The van der Waals surface area contributed by atoms with Crippen LogP contribution in [-0.2, 0) is 9.59 Å². The Kier molecular flexibility index (Phi) is 4.73. The van der Waals surface area contributed by atoms with Crippen molar-refractivity contribution in [3.8, 4) is 0 Å². The average Bonchev–Trinajstić information content (AvgIpc) is 3.37. The van der Waals surface area contributed by atoms with E-state index in [0.29, 0.717) is 31.7 Å². The van der Waals surface area contributed by atoms with Gasteiger partial charge in [0.2, 0.25) is 5.91 Å². The van der Waals surface area contributed by atoms with Gasteiger partial charge in [-0.25, -0.2) is 4.63 Å². The Morgan fingerprint density at radius 1 is 1.30 bits per heavy atom. The van der Waals surface area contributed by atoms with Gasteiger partial charge in [0.05, 0.1) is 16.9 Å². The van der Waals surface area contributed by atoms with E-state index in [0.717, 1.165) is 0 Å². The molecule has 2 aromatic heterocycles. The smallest absolute Gasteiger partial charge is 0.266 e. The first-order valence-corrected chi connectivity index (χ1v) is 9.14. The van der Waals surface area contributed by atoms with Crippen LogP contribution < -0.4 is 5.32 Å². The maximum atomic E-state index is 12.5. The molecular formula is C17H12N4O4S2. The van der Waals surface area contributed by atoms with E-state index in [2.05, 4.69) is 20.3 Å². The fraction of sp³-hybridized carbons (Fsp3) is 0.118. The fourth-order valence-electron chi connectivity index (χ4n) is 2.53. The Labute approximate surface area is 162 Å². The van der Waals surface area contributed by atoms with Crippen LogP contribution in [0.15, 0.2) is 50.5 Å². The molecule has 136 valence electrons. The lowest BCUT2D eigenvalue weighted by atomic mass is 10.2. The quantitative estimate of drug-likeness (QED) is 0.515. The molecule has 1 saturated heterocycles. The summed E-state index contributed by atoms with van der Waals surface area (Å²) >= 11 is 6.44. The first kappa shape index (κ1) is 17.4. The van der Waals surface area contributed by atoms with Crippen LogP contribution in [-0.4, -0.2) is 37.9 Å². The molecule has 2 amide bonds. The van der Waals surface area contributed by atoms with Crippen LogP contribution in [0, 0.1) is 0 Å². The molecule has 27 heavy (non-hydrogen) atoms. The maximum absolute atomic E-state index is 12.5. The summed E-state index contributed by atoms with van der Waals surface area (Å²) in [6, 6.07) is 8.66. The molecule has 1 N–H and O–H groups in total. The third-order valence-electron chi connectivity index (χ3n) is 3.81. The summed E-state index contributed by atoms with van der Waals surface area (Å²) in [6.07, 6.45) is 3.25. The molecule has 1 fully saturated rings. The fourth-order valence-corrected chi connectivity index (χ4v) is 3.82. The van der Waals surface area contributed by atoms with Crippen LogP contribution in [0.1, 0.15) is 12.2 Å². The van der Waals surface area contributed by atoms with Crippen molar-refractivity contribution in [1.82, 2.24) is 15.2 Å². The SMILES string of the molecule is O=C(CCN1C(=O)/C(=C\c2ccco2)SC1=S)Nc1cccc2nonc12. The summed E-state index contributed by atoms with van der Waals surface area (Å²) in [4.78, 5) is 26.7. The van der Waals surface area contributed by atoms with E-state index >= 15 is 0 Å². The Balaban J connectivity index is 1.39. The second-order valence-corrected chi connectivity index (χ2v) is 7.26. The van der Waals surface area contributed by atoms with Gasteiger partial charge >= 0.3 is 0 Å². The van der Waals surface area contributed by atoms with Gasteiger partial charge in [-0.3, -0.25) is 14.5 Å². The lowest BCUT2D eigenvalue weighted by Crippen LogP contribution is -2.31. The number of benzene rings is 1. The number of thiocarbonyl (C=S) groups is 1. The van der Waals surface area contributed by atoms with Crippen molar-refractivity contribution in [2.75, 3.05) is 11.9 Å².